The van der Waals surface area contributed by atoms with Crippen LogP contribution < -0.4 is 5.32 Å². The molecule has 1 aliphatic rings. The molecule has 0 bridgehead atoms. The van der Waals surface area contributed by atoms with Gasteiger partial charge in [-0.2, -0.15) is 0 Å². The molecule has 0 aromatic heterocycles. The van der Waals surface area contributed by atoms with Crippen LogP contribution in [-0.4, -0.2) is 6.54 Å². The summed E-state index contributed by atoms with van der Waals surface area (Å²) in [6.45, 7) is 3.32. The van der Waals surface area contributed by atoms with E-state index < -0.39 is 0 Å². The fourth-order valence-corrected chi connectivity index (χ4v) is 3.15. The number of rotatable bonds is 4. The first-order valence-electron chi connectivity index (χ1n) is 7.27. The smallest absolute Gasteiger partial charge is 0.0332 e. The van der Waals surface area contributed by atoms with Crippen LogP contribution in [0.25, 0.3) is 0 Å². The van der Waals surface area contributed by atoms with Crippen LogP contribution >= 0.6 is 0 Å². The molecule has 19 heavy (non-hydrogen) atoms. The predicted molar refractivity (Wildman–Crippen MR) is 80.4 cm³/mol. The van der Waals surface area contributed by atoms with Gasteiger partial charge in [-0.1, -0.05) is 61.5 Å². The Morgan fingerprint density at radius 1 is 0.947 bits per heavy atom. The second kappa shape index (κ2) is 5.58. The van der Waals surface area contributed by atoms with Gasteiger partial charge in [-0.3, -0.25) is 0 Å². The molecule has 0 amide bonds. The van der Waals surface area contributed by atoms with Gasteiger partial charge in [0, 0.05) is 12.0 Å². The Kier molecular flexibility index (Phi) is 3.65. The highest BCUT2D eigenvalue weighted by Crippen LogP contribution is 2.43. The van der Waals surface area contributed by atoms with Crippen LogP contribution in [0.4, 0.5) is 0 Å². The number of hydrogen-bond donors (Lipinski definition) is 1. The lowest BCUT2D eigenvalue weighted by Crippen LogP contribution is -2.20. The van der Waals surface area contributed by atoms with E-state index in [2.05, 4.69) is 66.8 Å². The summed E-state index contributed by atoms with van der Waals surface area (Å²) in [5, 5.41) is 3.69. The van der Waals surface area contributed by atoms with E-state index in [0.717, 1.165) is 6.54 Å². The standard InChI is InChI=1S/C18H21N/c1-2-12-19-18-13-17(14-8-4-3-5-9-14)15-10-6-7-11-16(15)18/h3-11,17-19H,2,12-13H2,1H3/t17-,18-/m0/s1. The second-order valence-corrected chi connectivity index (χ2v) is 5.33. The predicted octanol–water partition coefficient (Wildman–Crippen LogP) is 4.26. The molecule has 0 heterocycles. The molecule has 0 spiro atoms. The van der Waals surface area contributed by atoms with Gasteiger partial charge in [0.2, 0.25) is 0 Å². The number of fused-ring (bicyclic) bond motifs is 1. The largest absolute Gasteiger partial charge is 0.310 e. The lowest BCUT2D eigenvalue weighted by atomic mass is 9.93. The molecule has 1 aliphatic carbocycles. The van der Waals surface area contributed by atoms with E-state index in [1.807, 2.05) is 0 Å². The molecule has 0 saturated heterocycles. The van der Waals surface area contributed by atoms with Gasteiger partial charge in [-0.15, -0.1) is 0 Å². The summed E-state index contributed by atoms with van der Waals surface area (Å²) in [4.78, 5) is 0. The van der Waals surface area contributed by atoms with E-state index in [1.165, 1.54) is 29.5 Å². The molecule has 2 aromatic carbocycles. The lowest BCUT2D eigenvalue weighted by Gasteiger charge is -2.14. The molecule has 2 atom stereocenters. The molecule has 0 saturated carbocycles. The number of hydrogen-bond acceptors (Lipinski definition) is 1. The summed E-state index contributed by atoms with van der Waals surface area (Å²) in [6, 6.07) is 20.3. The highest BCUT2D eigenvalue weighted by molar-refractivity contribution is 5.44. The molecular formula is C18H21N. The molecule has 1 nitrogen and oxygen atoms in total. The van der Waals surface area contributed by atoms with Crippen LogP contribution in [-0.2, 0) is 0 Å². The van der Waals surface area contributed by atoms with E-state index in [4.69, 9.17) is 0 Å². The normalized spacial score (nSPS) is 21.3. The average molecular weight is 251 g/mol. The molecule has 0 radical (unpaired) electrons. The third kappa shape index (κ3) is 2.43. The quantitative estimate of drug-likeness (QED) is 0.856. The number of benzene rings is 2. The maximum absolute atomic E-state index is 3.69. The zero-order chi connectivity index (χ0) is 13.1. The summed E-state index contributed by atoms with van der Waals surface area (Å²) >= 11 is 0. The molecule has 0 unspecified atom stereocenters. The van der Waals surface area contributed by atoms with Crippen molar-refractivity contribution in [2.45, 2.75) is 31.7 Å². The van der Waals surface area contributed by atoms with Crippen molar-refractivity contribution in [2.24, 2.45) is 0 Å². The Hall–Kier alpha value is -1.60. The van der Waals surface area contributed by atoms with Gasteiger partial charge in [0.15, 0.2) is 0 Å². The minimum Gasteiger partial charge on any atom is -0.310 e. The SMILES string of the molecule is CCCN[C@H]1C[C@@H](c2ccccc2)c2ccccc21. The summed E-state index contributed by atoms with van der Waals surface area (Å²) in [5.74, 6) is 0.548. The van der Waals surface area contributed by atoms with E-state index in [9.17, 15) is 0 Å². The average Bonchev–Trinajstić information content (AvgIpc) is 2.85. The molecule has 0 fully saturated rings. The van der Waals surface area contributed by atoms with E-state index in [1.54, 1.807) is 0 Å². The van der Waals surface area contributed by atoms with Crippen LogP contribution in [0.1, 0.15) is 48.4 Å². The fourth-order valence-electron chi connectivity index (χ4n) is 3.15. The van der Waals surface area contributed by atoms with E-state index in [0.29, 0.717) is 12.0 Å². The van der Waals surface area contributed by atoms with Crippen molar-refractivity contribution < 1.29 is 0 Å². The first-order valence-corrected chi connectivity index (χ1v) is 7.27. The number of nitrogens with one attached hydrogen (secondary N) is 1. The van der Waals surface area contributed by atoms with Crippen LogP contribution in [0, 0.1) is 0 Å². The van der Waals surface area contributed by atoms with Gasteiger partial charge in [0.05, 0.1) is 0 Å². The van der Waals surface area contributed by atoms with Crippen molar-refractivity contribution in [3.05, 3.63) is 71.3 Å². The summed E-state index contributed by atoms with van der Waals surface area (Å²) < 4.78 is 0. The Bertz CT molecular complexity index is 532. The van der Waals surface area contributed by atoms with Gasteiger partial charge in [-0.25, -0.2) is 0 Å². The Labute approximate surface area is 115 Å². The van der Waals surface area contributed by atoms with Crippen molar-refractivity contribution in [2.75, 3.05) is 6.54 Å². The van der Waals surface area contributed by atoms with Crippen LogP contribution in [0.2, 0.25) is 0 Å². The van der Waals surface area contributed by atoms with E-state index in [-0.39, 0.29) is 0 Å². The first kappa shape index (κ1) is 12.4. The monoisotopic (exact) mass is 251 g/mol. The fraction of sp³-hybridized carbons (Fsp3) is 0.333. The van der Waals surface area contributed by atoms with Gasteiger partial charge in [0.25, 0.3) is 0 Å². The second-order valence-electron chi connectivity index (χ2n) is 5.33. The lowest BCUT2D eigenvalue weighted by molar-refractivity contribution is 0.513. The Morgan fingerprint density at radius 3 is 2.37 bits per heavy atom. The van der Waals surface area contributed by atoms with Crippen molar-refractivity contribution in [3.63, 3.8) is 0 Å². The maximum atomic E-state index is 3.69. The zero-order valence-corrected chi connectivity index (χ0v) is 11.5. The molecule has 3 rings (SSSR count). The van der Waals surface area contributed by atoms with Crippen LogP contribution in [0.3, 0.4) is 0 Å². The molecular weight excluding hydrogens is 230 g/mol. The minimum absolute atomic E-state index is 0.515. The Balaban J connectivity index is 1.92. The highest BCUT2D eigenvalue weighted by atomic mass is 14.9. The minimum atomic E-state index is 0.515. The van der Waals surface area contributed by atoms with Gasteiger partial charge in [0.1, 0.15) is 0 Å². The van der Waals surface area contributed by atoms with Crippen molar-refractivity contribution >= 4 is 0 Å². The zero-order valence-electron chi connectivity index (χ0n) is 11.5. The van der Waals surface area contributed by atoms with Crippen LogP contribution in [0.15, 0.2) is 54.6 Å². The summed E-state index contributed by atoms with van der Waals surface area (Å²) in [7, 11) is 0. The third-order valence-corrected chi connectivity index (χ3v) is 4.06. The van der Waals surface area contributed by atoms with Gasteiger partial charge < -0.3 is 5.32 Å². The van der Waals surface area contributed by atoms with Crippen molar-refractivity contribution in [1.29, 1.82) is 0 Å². The molecule has 2 aromatic rings. The van der Waals surface area contributed by atoms with Gasteiger partial charge >= 0.3 is 0 Å². The maximum Gasteiger partial charge on any atom is 0.0332 e. The first-order chi connectivity index (χ1) is 9.40. The highest BCUT2D eigenvalue weighted by Gasteiger charge is 2.30. The molecule has 98 valence electrons. The van der Waals surface area contributed by atoms with Gasteiger partial charge in [-0.05, 0) is 36.1 Å². The molecule has 1 heteroatoms. The van der Waals surface area contributed by atoms with E-state index >= 15 is 0 Å². The van der Waals surface area contributed by atoms with Crippen LogP contribution in [0.5, 0.6) is 0 Å². The molecule has 0 aliphatic heterocycles. The molecule has 1 N–H and O–H groups in total. The summed E-state index contributed by atoms with van der Waals surface area (Å²) in [5.41, 5.74) is 4.43. The van der Waals surface area contributed by atoms with Crippen molar-refractivity contribution in [1.82, 2.24) is 5.32 Å². The summed E-state index contributed by atoms with van der Waals surface area (Å²) in [6.07, 6.45) is 2.37. The van der Waals surface area contributed by atoms with Crippen molar-refractivity contribution in [3.8, 4) is 0 Å². The third-order valence-electron chi connectivity index (χ3n) is 4.06. The topological polar surface area (TPSA) is 12.0 Å². The Morgan fingerprint density at radius 2 is 1.63 bits per heavy atom.